The van der Waals surface area contributed by atoms with Gasteiger partial charge in [0.25, 0.3) is 0 Å². The van der Waals surface area contributed by atoms with Crippen LogP contribution >= 0.6 is 11.3 Å². The largest absolute Gasteiger partial charge is 0.349 e. The van der Waals surface area contributed by atoms with Crippen molar-refractivity contribution in [3.05, 3.63) is 41.4 Å². The van der Waals surface area contributed by atoms with Gasteiger partial charge in [0, 0.05) is 17.5 Å². The third-order valence-corrected chi connectivity index (χ3v) is 7.36. The van der Waals surface area contributed by atoms with E-state index in [0.717, 1.165) is 22.7 Å². The van der Waals surface area contributed by atoms with Crippen LogP contribution < -0.4 is 5.32 Å². The van der Waals surface area contributed by atoms with Gasteiger partial charge in [-0.1, -0.05) is 37.3 Å². The first-order valence-electron chi connectivity index (χ1n) is 8.78. The highest BCUT2D eigenvalue weighted by Gasteiger charge is 2.37. The Morgan fingerprint density at radius 2 is 2.12 bits per heavy atom. The highest BCUT2D eigenvalue weighted by molar-refractivity contribution is 7.89. The van der Waals surface area contributed by atoms with Crippen LogP contribution in [-0.4, -0.2) is 42.0 Å². The molecule has 1 N–H and O–H groups in total. The number of nitrogens with zero attached hydrogens (tertiary/aromatic N) is 2. The molecule has 0 saturated carbocycles. The molecule has 0 radical (unpaired) electrons. The Bertz CT molecular complexity index is 850. The van der Waals surface area contributed by atoms with Crippen LogP contribution in [0.25, 0.3) is 10.6 Å². The molecule has 1 saturated heterocycles. The second-order valence-corrected chi connectivity index (χ2v) is 9.21. The molecule has 1 fully saturated rings. The minimum atomic E-state index is -3.36. The average molecular weight is 394 g/mol. The van der Waals surface area contributed by atoms with E-state index in [4.69, 9.17) is 0 Å². The summed E-state index contributed by atoms with van der Waals surface area (Å²) < 4.78 is 26.0. The normalized spacial score (nSPS) is 18.1. The predicted molar refractivity (Wildman–Crippen MR) is 103 cm³/mol. The maximum Gasteiger partial charge on any atom is 0.238 e. The van der Waals surface area contributed by atoms with E-state index in [9.17, 15) is 13.2 Å². The van der Waals surface area contributed by atoms with Crippen LogP contribution in [0.1, 0.15) is 31.9 Å². The molecule has 3 rings (SSSR count). The number of benzene rings is 1. The highest BCUT2D eigenvalue weighted by Crippen LogP contribution is 2.24. The van der Waals surface area contributed by atoms with E-state index >= 15 is 0 Å². The fraction of sp³-hybridized carbons (Fsp3) is 0.444. The van der Waals surface area contributed by atoms with Crippen molar-refractivity contribution in [2.75, 3.05) is 12.3 Å². The molecule has 2 aromatic rings. The molecule has 0 bridgehead atoms. The van der Waals surface area contributed by atoms with Crippen LogP contribution in [0.4, 0.5) is 0 Å². The molecule has 2 heterocycles. The third kappa shape index (κ3) is 4.31. The number of carbonyl (C=O) groups excluding carboxylic acids is 1. The molecule has 0 unspecified atom stereocenters. The van der Waals surface area contributed by atoms with E-state index in [1.807, 2.05) is 42.6 Å². The number of rotatable bonds is 7. The maximum absolute atomic E-state index is 12.5. The Kier molecular flexibility index (Phi) is 6.05. The lowest BCUT2D eigenvalue weighted by Gasteiger charge is -2.23. The van der Waals surface area contributed by atoms with Gasteiger partial charge in [0.05, 0.1) is 18.0 Å². The van der Waals surface area contributed by atoms with Gasteiger partial charge in [-0.2, -0.15) is 4.31 Å². The highest BCUT2D eigenvalue weighted by atomic mass is 32.2. The van der Waals surface area contributed by atoms with Crippen LogP contribution in [-0.2, 0) is 21.4 Å². The van der Waals surface area contributed by atoms with Gasteiger partial charge in [0.1, 0.15) is 11.0 Å². The zero-order chi connectivity index (χ0) is 18.6. The number of thiazole rings is 1. The molecule has 1 aromatic carbocycles. The van der Waals surface area contributed by atoms with Gasteiger partial charge in [0.2, 0.25) is 15.9 Å². The molecule has 1 aromatic heterocycles. The smallest absolute Gasteiger partial charge is 0.238 e. The minimum absolute atomic E-state index is 0.0866. The SMILES string of the molecule is CCCS(=O)(=O)N1CCC[C@H]1C(=O)NCc1csc(-c2ccccc2)n1. The Morgan fingerprint density at radius 3 is 2.85 bits per heavy atom. The topological polar surface area (TPSA) is 79.4 Å². The number of amides is 1. The predicted octanol–water partition coefficient (Wildman–Crippen LogP) is 2.63. The van der Waals surface area contributed by atoms with Gasteiger partial charge in [0.15, 0.2) is 0 Å². The molecule has 0 aliphatic carbocycles. The van der Waals surface area contributed by atoms with Crippen molar-refractivity contribution in [2.45, 2.75) is 38.8 Å². The Labute approximate surface area is 158 Å². The number of hydrogen-bond donors (Lipinski definition) is 1. The van der Waals surface area contributed by atoms with Gasteiger partial charge >= 0.3 is 0 Å². The summed E-state index contributed by atoms with van der Waals surface area (Å²) in [7, 11) is -3.36. The summed E-state index contributed by atoms with van der Waals surface area (Å²) in [6, 6.07) is 9.27. The second kappa shape index (κ2) is 8.28. The van der Waals surface area contributed by atoms with E-state index in [1.165, 1.54) is 15.6 Å². The third-order valence-electron chi connectivity index (χ3n) is 4.34. The van der Waals surface area contributed by atoms with Gasteiger partial charge in [-0.15, -0.1) is 11.3 Å². The van der Waals surface area contributed by atoms with E-state index in [-0.39, 0.29) is 11.7 Å². The van der Waals surface area contributed by atoms with Crippen molar-refractivity contribution in [2.24, 2.45) is 0 Å². The summed E-state index contributed by atoms with van der Waals surface area (Å²) in [4.78, 5) is 17.1. The molecule has 8 heteroatoms. The number of sulfonamides is 1. The molecule has 1 aliphatic rings. The lowest BCUT2D eigenvalue weighted by molar-refractivity contribution is -0.124. The van der Waals surface area contributed by atoms with Crippen LogP contribution in [0.15, 0.2) is 35.7 Å². The van der Waals surface area contributed by atoms with Crippen molar-refractivity contribution in [3.63, 3.8) is 0 Å². The van der Waals surface area contributed by atoms with Crippen LogP contribution in [0.5, 0.6) is 0 Å². The van der Waals surface area contributed by atoms with Crippen molar-refractivity contribution < 1.29 is 13.2 Å². The summed E-state index contributed by atoms with van der Waals surface area (Å²) in [5.74, 6) is -0.153. The molecule has 1 atom stereocenters. The van der Waals surface area contributed by atoms with Crippen molar-refractivity contribution in [1.29, 1.82) is 0 Å². The number of nitrogens with one attached hydrogen (secondary N) is 1. The Balaban J connectivity index is 1.61. The van der Waals surface area contributed by atoms with Gasteiger partial charge in [-0.05, 0) is 19.3 Å². The molecular weight excluding hydrogens is 370 g/mol. The number of carbonyl (C=O) groups is 1. The second-order valence-electron chi connectivity index (χ2n) is 6.31. The van der Waals surface area contributed by atoms with E-state index in [1.54, 1.807) is 0 Å². The molecule has 1 amide bonds. The summed E-state index contributed by atoms with van der Waals surface area (Å²) in [5.41, 5.74) is 1.82. The summed E-state index contributed by atoms with van der Waals surface area (Å²) in [5, 5.41) is 5.67. The summed E-state index contributed by atoms with van der Waals surface area (Å²) in [6.07, 6.45) is 1.84. The van der Waals surface area contributed by atoms with Gasteiger partial charge in [-0.3, -0.25) is 4.79 Å². The molecule has 140 valence electrons. The van der Waals surface area contributed by atoms with E-state index in [0.29, 0.717) is 25.9 Å². The van der Waals surface area contributed by atoms with Crippen molar-refractivity contribution >= 4 is 27.3 Å². The van der Waals surface area contributed by atoms with Crippen LogP contribution in [0.2, 0.25) is 0 Å². The lowest BCUT2D eigenvalue weighted by atomic mass is 10.2. The maximum atomic E-state index is 12.5. The van der Waals surface area contributed by atoms with Crippen molar-refractivity contribution in [1.82, 2.24) is 14.6 Å². The standard InChI is InChI=1S/C18H23N3O3S2/c1-2-11-26(23,24)21-10-6-9-16(21)17(22)19-12-15-13-25-18(20-15)14-7-4-3-5-8-14/h3-5,7-8,13,16H,2,6,9-12H2,1H3,(H,19,22)/t16-/m0/s1. The molecular formula is C18H23N3O3S2. The lowest BCUT2D eigenvalue weighted by Crippen LogP contribution is -2.46. The van der Waals surface area contributed by atoms with E-state index < -0.39 is 16.1 Å². The fourth-order valence-electron chi connectivity index (χ4n) is 3.11. The average Bonchev–Trinajstić information content (AvgIpc) is 3.30. The Hall–Kier alpha value is -1.77. The molecule has 0 spiro atoms. The zero-order valence-corrected chi connectivity index (χ0v) is 16.4. The number of aromatic nitrogens is 1. The molecule has 26 heavy (non-hydrogen) atoms. The first kappa shape index (κ1) is 19.0. The molecule has 6 nitrogen and oxygen atoms in total. The number of hydrogen-bond acceptors (Lipinski definition) is 5. The first-order chi connectivity index (χ1) is 12.5. The summed E-state index contributed by atoms with van der Waals surface area (Å²) in [6.45, 7) is 2.56. The zero-order valence-electron chi connectivity index (χ0n) is 14.7. The summed E-state index contributed by atoms with van der Waals surface area (Å²) >= 11 is 1.53. The Morgan fingerprint density at radius 1 is 1.35 bits per heavy atom. The monoisotopic (exact) mass is 393 g/mol. The minimum Gasteiger partial charge on any atom is -0.349 e. The van der Waals surface area contributed by atoms with Gasteiger partial charge < -0.3 is 5.32 Å². The van der Waals surface area contributed by atoms with Crippen LogP contribution in [0.3, 0.4) is 0 Å². The van der Waals surface area contributed by atoms with E-state index in [2.05, 4.69) is 10.3 Å². The van der Waals surface area contributed by atoms with Crippen LogP contribution in [0, 0.1) is 0 Å². The first-order valence-corrected chi connectivity index (χ1v) is 11.3. The fourth-order valence-corrected chi connectivity index (χ4v) is 5.68. The quantitative estimate of drug-likeness (QED) is 0.784. The van der Waals surface area contributed by atoms with Crippen molar-refractivity contribution in [3.8, 4) is 10.6 Å². The molecule has 1 aliphatic heterocycles. The van der Waals surface area contributed by atoms with Gasteiger partial charge in [-0.25, -0.2) is 13.4 Å².